The lowest BCUT2D eigenvalue weighted by Gasteiger charge is -2.20. The van der Waals surface area contributed by atoms with Crippen LogP contribution in [0.3, 0.4) is 0 Å². The topological polar surface area (TPSA) is 123 Å². The van der Waals surface area contributed by atoms with Gasteiger partial charge in [-0.2, -0.15) is 0 Å². The summed E-state index contributed by atoms with van der Waals surface area (Å²) < 4.78 is 26.5. The molecule has 2 unspecified atom stereocenters. The van der Waals surface area contributed by atoms with Gasteiger partial charge in [0.2, 0.25) is 5.75 Å². The van der Waals surface area contributed by atoms with Gasteiger partial charge >= 0.3 is 11.9 Å². The van der Waals surface area contributed by atoms with Gasteiger partial charge in [0.05, 0.1) is 40.5 Å². The van der Waals surface area contributed by atoms with Gasteiger partial charge in [0.15, 0.2) is 17.4 Å². The summed E-state index contributed by atoms with van der Waals surface area (Å²) in [6.45, 7) is 0. The molecule has 0 radical (unpaired) electrons. The fourth-order valence-electron chi connectivity index (χ4n) is 4.64. The second-order valence-corrected chi connectivity index (χ2v) is 7.82. The van der Waals surface area contributed by atoms with E-state index in [1.807, 2.05) is 6.07 Å². The molecule has 0 fully saturated rings. The Kier molecular flexibility index (Phi) is 7.60. The molecule has 182 valence electrons. The molecule has 2 atom stereocenters. The Morgan fingerprint density at radius 1 is 0.971 bits per heavy atom. The molecule has 0 N–H and O–H groups in total. The van der Waals surface area contributed by atoms with Crippen molar-refractivity contribution in [1.29, 1.82) is 0 Å². The lowest BCUT2D eigenvalue weighted by Crippen LogP contribution is -2.28. The van der Waals surface area contributed by atoms with Crippen molar-refractivity contribution in [3.63, 3.8) is 0 Å². The zero-order valence-corrected chi connectivity index (χ0v) is 19.7. The van der Waals surface area contributed by atoms with Crippen molar-refractivity contribution in [2.75, 3.05) is 35.5 Å². The van der Waals surface area contributed by atoms with Crippen LogP contribution in [-0.2, 0) is 19.1 Å². The van der Waals surface area contributed by atoms with Crippen LogP contribution in [0.2, 0.25) is 0 Å². The second kappa shape index (κ2) is 10.4. The van der Waals surface area contributed by atoms with Crippen molar-refractivity contribution in [3.05, 3.63) is 57.1 Å². The van der Waals surface area contributed by atoms with Crippen molar-refractivity contribution in [1.82, 2.24) is 0 Å². The van der Waals surface area contributed by atoms with E-state index in [-0.39, 0.29) is 23.9 Å². The Morgan fingerprint density at radius 3 is 2.03 bits per heavy atom. The number of rotatable bonds is 9. The first-order chi connectivity index (χ1) is 16.3. The number of non-ortho nitro benzene ring substituents is 1. The Labute approximate surface area is 196 Å². The number of methoxy groups -OCH3 is 5. The smallest absolute Gasteiger partial charge is 0.320 e. The quantitative estimate of drug-likeness (QED) is 0.233. The number of ether oxygens (including phenoxy) is 5. The fraction of sp³-hybridized carbons (Fsp3) is 0.417. The highest BCUT2D eigenvalue weighted by molar-refractivity contribution is 5.95. The first-order valence-electron chi connectivity index (χ1n) is 10.5. The van der Waals surface area contributed by atoms with E-state index in [9.17, 15) is 19.7 Å². The molecule has 2 aromatic carbocycles. The third-order valence-electron chi connectivity index (χ3n) is 6.21. The molecule has 2 aromatic rings. The van der Waals surface area contributed by atoms with Crippen molar-refractivity contribution < 1.29 is 38.2 Å². The van der Waals surface area contributed by atoms with Gasteiger partial charge in [0.25, 0.3) is 5.69 Å². The van der Waals surface area contributed by atoms with Crippen LogP contribution in [0.4, 0.5) is 5.69 Å². The van der Waals surface area contributed by atoms with Crippen LogP contribution in [0.1, 0.15) is 41.4 Å². The van der Waals surface area contributed by atoms with Crippen LogP contribution < -0.4 is 14.2 Å². The van der Waals surface area contributed by atoms with E-state index in [0.29, 0.717) is 23.7 Å². The number of fused-ring (bicyclic) bond motifs is 1. The predicted molar refractivity (Wildman–Crippen MR) is 121 cm³/mol. The summed E-state index contributed by atoms with van der Waals surface area (Å²) in [7, 11) is 6.97. The predicted octanol–water partition coefficient (Wildman–Crippen LogP) is 3.59. The van der Waals surface area contributed by atoms with Gasteiger partial charge in [-0.25, -0.2) is 0 Å². The maximum Gasteiger partial charge on any atom is 0.320 e. The average molecular weight is 473 g/mol. The minimum Gasteiger partial charge on any atom is -0.493 e. The van der Waals surface area contributed by atoms with Crippen LogP contribution in [-0.4, -0.2) is 52.4 Å². The molecule has 0 bridgehead atoms. The maximum absolute atomic E-state index is 12.4. The third kappa shape index (κ3) is 4.48. The van der Waals surface area contributed by atoms with E-state index in [4.69, 9.17) is 23.7 Å². The molecule has 0 saturated carbocycles. The number of carbonyl (C=O) groups is 2. The van der Waals surface area contributed by atoms with Crippen LogP contribution in [0.5, 0.6) is 17.2 Å². The summed E-state index contributed by atoms with van der Waals surface area (Å²) in [6, 6.07) is 8.10. The number of hydrogen-bond acceptors (Lipinski definition) is 9. The van der Waals surface area contributed by atoms with E-state index < -0.39 is 22.8 Å². The first-order valence-corrected chi connectivity index (χ1v) is 10.5. The molecule has 1 aliphatic rings. The monoisotopic (exact) mass is 473 g/mol. The largest absolute Gasteiger partial charge is 0.493 e. The lowest BCUT2D eigenvalue weighted by atomic mass is 9.88. The lowest BCUT2D eigenvalue weighted by molar-refractivity contribution is -0.384. The van der Waals surface area contributed by atoms with Crippen molar-refractivity contribution >= 4 is 17.6 Å². The highest BCUT2D eigenvalue weighted by Crippen LogP contribution is 2.56. The molecule has 0 saturated heterocycles. The number of benzene rings is 2. The number of nitro benzene ring substituents is 1. The molecule has 34 heavy (non-hydrogen) atoms. The van der Waals surface area contributed by atoms with Gasteiger partial charge in [0.1, 0.15) is 0 Å². The van der Waals surface area contributed by atoms with Gasteiger partial charge in [-0.05, 0) is 36.0 Å². The summed E-state index contributed by atoms with van der Waals surface area (Å²) in [5.41, 5.74) is 2.45. The number of hydrogen-bond donors (Lipinski definition) is 0. The minimum atomic E-state index is -1.11. The average Bonchev–Trinajstić information content (AvgIpc) is 3.22. The first kappa shape index (κ1) is 24.8. The Balaban J connectivity index is 2.16. The SMILES string of the molecule is COC(=O)C(CC1CC(c2ccc([N+](=O)[O-])cc2)c2c1cc(OC)c(OC)c2OC)C(=O)OC. The third-order valence-corrected chi connectivity index (χ3v) is 6.21. The zero-order valence-electron chi connectivity index (χ0n) is 19.7. The molecule has 0 heterocycles. The molecule has 0 amide bonds. The standard InChI is InChI=1S/C24H27NO9/c1-30-19-12-17-14(11-18(23(26)33-4)24(27)34-5)10-16(20(17)22(32-3)21(19)31-2)13-6-8-15(9-7-13)25(28)29/h6-9,12,14,16,18H,10-11H2,1-5H3. The molecular weight excluding hydrogens is 446 g/mol. The van der Waals surface area contributed by atoms with Gasteiger partial charge in [-0.3, -0.25) is 19.7 Å². The van der Waals surface area contributed by atoms with Crippen molar-refractivity contribution in [2.45, 2.75) is 24.7 Å². The number of nitrogens with zero attached hydrogens (tertiary/aromatic N) is 1. The van der Waals surface area contributed by atoms with Crippen LogP contribution in [0.25, 0.3) is 0 Å². The molecule has 10 heteroatoms. The minimum absolute atomic E-state index is 0.0192. The molecule has 3 rings (SSSR count). The van der Waals surface area contributed by atoms with E-state index in [1.165, 1.54) is 47.7 Å². The Morgan fingerprint density at radius 2 is 1.56 bits per heavy atom. The molecule has 0 aromatic heterocycles. The van der Waals surface area contributed by atoms with Gasteiger partial charge in [-0.15, -0.1) is 0 Å². The molecule has 1 aliphatic carbocycles. The van der Waals surface area contributed by atoms with Crippen molar-refractivity contribution in [2.24, 2.45) is 5.92 Å². The summed E-state index contributed by atoms with van der Waals surface area (Å²) in [4.78, 5) is 35.4. The summed E-state index contributed by atoms with van der Waals surface area (Å²) >= 11 is 0. The van der Waals surface area contributed by atoms with E-state index in [2.05, 4.69) is 0 Å². The zero-order chi connectivity index (χ0) is 25.0. The van der Waals surface area contributed by atoms with Gasteiger partial charge in [0, 0.05) is 23.6 Å². The summed E-state index contributed by atoms with van der Waals surface area (Å²) in [5.74, 6) is -1.63. The molecule has 0 aliphatic heterocycles. The normalized spacial score (nSPS) is 16.5. The van der Waals surface area contributed by atoms with Crippen LogP contribution >= 0.6 is 0 Å². The molecule has 0 spiro atoms. The van der Waals surface area contributed by atoms with E-state index in [1.54, 1.807) is 12.1 Å². The summed E-state index contributed by atoms with van der Waals surface area (Å²) in [6.07, 6.45) is 0.665. The fourth-order valence-corrected chi connectivity index (χ4v) is 4.64. The molecule has 10 nitrogen and oxygen atoms in total. The number of nitro groups is 1. The van der Waals surface area contributed by atoms with E-state index in [0.717, 1.165) is 16.7 Å². The highest BCUT2D eigenvalue weighted by Gasteiger charge is 2.41. The van der Waals surface area contributed by atoms with Crippen LogP contribution in [0, 0.1) is 16.0 Å². The van der Waals surface area contributed by atoms with Gasteiger partial charge in [-0.1, -0.05) is 12.1 Å². The van der Waals surface area contributed by atoms with E-state index >= 15 is 0 Å². The second-order valence-electron chi connectivity index (χ2n) is 7.82. The Hall–Kier alpha value is -3.82. The number of carbonyl (C=O) groups excluding carboxylic acids is 2. The van der Waals surface area contributed by atoms with Crippen LogP contribution in [0.15, 0.2) is 30.3 Å². The maximum atomic E-state index is 12.4. The van der Waals surface area contributed by atoms with Crippen molar-refractivity contribution in [3.8, 4) is 17.2 Å². The summed E-state index contributed by atoms with van der Waals surface area (Å²) in [5, 5.41) is 11.1. The Bertz CT molecular complexity index is 1060. The highest BCUT2D eigenvalue weighted by atomic mass is 16.6. The molecular formula is C24H27NO9. The number of esters is 2. The van der Waals surface area contributed by atoms with Gasteiger partial charge < -0.3 is 23.7 Å².